The number of amides is 7. The number of nitrogens with one attached hydrogen (secondary N) is 5. The summed E-state index contributed by atoms with van der Waals surface area (Å²) < 4.78 is 22.6. The average molecular weight is 1110 g/mol. The van der Waals surface area contributed by atoms with Crippen molar-refractivity contribution >= 4 is 47.5 Å². The molecule has 0 saturated carbocycles. The smallest absolute Gasteiger partial charge is 0.408 e. The lowest BCUT2D eigenvalue weighted by Gasteiger charge is -2.33. The van der Waals surface area contributed by atoms with E-state index in [9.17, 15) is 69.0 Å². The molecule has 434 valence electrons. The van der Waals surface area contributed by atoms with E-state index in [2.05, 4.69) is 31.4 Å². The number of β-amino-alcohol motifs (C(OH)–C–C–N with tert-alkyl or cyclic N) is 1. The number of aliphatic hydroxyl groups excluding tert-OH is 6. The van der Waals surface area contributed by atoms with Gasteiger partial charge in [-0.15, -0.1) is 0 Å². The van der Waals surface area contributed by atoms with Crippen molar-refractivity contribution in [2.24, 2.45) is 5.92 Å². The van der Waals surface area contributed by atoms with E-state index in [1.54, 1.807) is 32.9 Å². The fourth-order valence-electron chi connectivity index (χ4n) is 9.08. The van der Waals surface area contributed by atoms with Crippen molar-refractivity contribution in [2.75, 3.05) is 32.8 Å². The van der Waals surface area contributed by atoms with Crippen molar-refractivity contribution in [3.05, 3.63) is 71.1 Å². The Hall–Kier alpha value is -7.15. The molecule has 7 amide bonds. The molecular weight excluding hydrogens is 1040 g/mol. The van der Waals surface area contributed by atoms with Gasteiger partial charge in [-0.3, -0.25) is 28.8 Å². The van der Waals surface area contributed by atoms with E-state index in [0.717, 1.165) is 22.3 Å². The number of carbonyl (C=O) groups excluding carboxylic acids is 8. The lowest BCUT2D eigenvalue weighted by molar-refractivity contribution is -0.157. The quantitative estimate of drug-likeness (QED) is 0.0760. The molecule has 79 heavy (non-hydrogen) atoms. The highest BCUT2D eigenvalue weighted by atomic mass is 16.6. The van der Waals surface area contributed by atoms with Crippen LogP contribution in [-0.2, 0) is 56.1 Å². The maximum Gasteiger partial charge on any atom is 0.408 e. The molecule has 1 unspecified atom stereocenters. The third-order valence-electron chi connectivity index (χ3n) is 12.9. The number of hydrogen-bond acceptors (Lipinski definition) is 18. The Kier molecular flexibility index (Phi) is 21.5. The minimum atomic E-state index is -2.12. The predicted molar refractivity (Wildman–Crippen MR) is 277 cm³/mol. The molecule has 2 aromatic carbocycles. The highest BCUT2D eigenvalue weighted by Crippen LogP contribution is 2.31. The van der Waals surface area contributed by atoms with Crippen molar-refractivity contribution in [3.63, 3.8) is 0 Å². The molecule has 2 aromatic rings. The van der Waals surface area contributed by atoms with Crippen LogP contribution in [0, 0.1) is 12.5 Å². The molecule has 3 aliphatic rings. The van der Waals surface area contributed by atoms with Crippen LogP contribution in [0.3, 0.4) is 0 Å². The number of aliphatic hydroxyl groups is 6. The second kappa shape index (κ2) is 27.1. The fourth-order valence-corrected chi connectivity index (χ4v) is 9.08. The first-order valence-electron chi connectivity index (χ1n) is 25.8. The van der Waals surface area contributed by atoms with Crippen LogP contribution in [0.2, 0.25) is 0 Å². The van der Waals surface area contributed by atoms with Crippen LogP contribution in [0.5, 0.6) is 11.5 Å². The molecule has 3 saturated heterocycles. The van der Waals surface area contributed by atoms with Gasteiger partial charge >= 0.3 is 12.1 Å². The number of carbonyl (C=O) groups is 8. The van der Waals surface area contributed by atoms with Crippen LogP contribution in [0.1, 0.15) is 79.4 Å². The van der Waals surface area contributed by atoms with Gasteiger partial charge in [-0.25, -0.2) is 16.2 Å². The molecule has 0 bridgehead atoms. The molecule has 13 atom stereocenters. The van der Waals surface area contributed by atoms with E-state index < -0.39 is 183 Å². The fraction of sp³-hybridized carbons (Fsp3) is 0.604. The highest BCUT2D eigenvalue weighted by molar-refractivity contribution is 5.98. The van der Waals surface area contributed by atoms with Gasteiger partial charge in [-0.2, -0.15) is 0 Å². The Morgan fingerprint density at radius 3 is 2.00 bits per heavy atom. The molecule has 5 rings (SSSR count). The molecule has 0 radical (unpaired) electrons. The molecule has 11 N–H and O–H groups in total. The number of nitrogens with zero attached hydrogens (tertiary/aromatic N) is 3. The Bertz CT molecular complexity index is 2550. The third kappa shape index (κ3) is 17.7. The molecule has 0 spiro atoms. The average Bonchev–Trinajstić information content (AvgIpc) is 3.97. The van der Waals surface area contributed by atoms with Crippen LogP contribution in [0.15, 0.2) is 48.5 Å². The van der Waals surface area contributed by atoms with Gasteiger partial charge in [0, 0.05) is 44.8 Å². The Labute approximate surface area is 457 Å². The highest BCUT2D eigenvalue weighted by Gasteiger charge is 2.50. The van der Waals surface area contributed by atoms with Crippen LogP contribution in [0.25, 0.3) is 4.85 Å². The number of alkyl carbamates (subject to hydrolysis) is 1. The van der Waals surface area contributed by atoms with E-state index in [4.69, 9.17) is 25.5 Å². The van der Waals surface area contributed by atoms with Crippen molar-refractivity contribution in [1.82, 2.24) is 36.4 Å². The van der Waals surface area contributed by atoms with E-state index >= 15 is 0 Å². The van der Waals surface area contributed by atoms with Gasteiger partial charge in [0.15, 0.2) is 24.2 Å². The second-order valence-electron chi connectivity index (χ2n) is 21.9. The lowest BCUT2D eigenvalue weighted by Crippen LogP contribution is -2.64. The summed E-state index contributed by atoms with van der Waals surface area (Å²) >= 11 is 0. The summed E-state index contributed by atoms with van der Waals surface area (Å²) in [6.45, 7) is 16.8. The van der Waals surface area contributed by atoms with Gasteiger partial charge in [0.05, 0.1) is 30.5 Å². The van der Waals surface area contributed by atoms with Crippen molar-refractivity contribution in [2.45, 2.75) is 165 Å². The van der Waals surface area contributed by atoms with E-state index in [1.165, 1.54) is 45.9 Å². The van der Waals surface area contributed by atoms with E-state index in [0.29, 0.717) is 0 Å². The summed E-state index contributed by atoms with van der Waals surface area (Å²) in [6, 6.07) is 2.13. The van der Waals surface area contributed by atoms with Gasteiger partial charge in [0.1, 0.15) is 54.1 Å². The number of esters is 1. The molecule has 0 aliphatic carbocycles. The van der Waals surface area contributed by atoms with Crippen molar-refractivity contribution < 1.29 is 87.9 Å². The van der Waals surface area contributed by atoms with Crippen molar-refractivity contribution in [1.29, 1.82) is 0 Å². The minimum Gasteiger partial charge on any atom is -0.485 e. The summed E-state index contributed by atoms with van der Waals surface area (Å²) in [6.07, 6.45) is -13.2. The van der Waals surface area contributed by atoms with Gasteiger partial charge < -0.3 is 90.8 Å². The van der Waals surface area contributed by atoms with Gasteiger partial charge in [-0.1, -0.05) is 43.3 Å². The molecule has 3 aliphatic heterocycles. The third-order valence-corrected chi connectivity index (χ3v) is 12.9. The van der Waals surface area contributed by atoms with Crippen LogP contribution >= 0.6 is 0 Å². The standard InChI is InChI=1S/C53H74N8O18/c1-27-23-61-43(44(27)68)48(72)55-21-31(63)19-33(56-51(75)79-53(6,7)8)45(69)57-40(28(2)62)49(73)60-24-32(64)20-34(60)46(70)58-41(47(71)59-42(50(61)74)36(66)22-54-9)35(65)17-30-15-16-37(76-25-29-13-11-10-12-14-29)38(18-30)77-26-39(67)78-52(3,4)5/h10-16,18,27-28,31-36,40-44,62-66,68H,17,19-26H2,1-8H3,(H,55,72)(H,56,75)(H,57,69)(H,58,70)(H,59,71)/t27-,28+,31+,32+,33?,34-,35+,36+,40-,41-,42-,43-,44-/m0/s1. The first-order valence-corrected chi connectivity index (χ1v) is 25.8. The molecule has 26 heteroatoms. The number of hydrogen-bond donors (Lipinski definition) is 11. The molecule has 3 heterocycles. The van der Waals surface area contributed by atoms with E-state index in [-0.39, 0.29) is 30.2 Å². The van der Waals surface area contributed by atoms with Crippen LogP contribution in [-0.4, -0.2) is 205 Å². The molecule has 3 fully saturated rings. The SMILES string of the molecule is [C-]#[N+]C[C@@H](O)[C@@H]1NC(=O)[C@H]([C@H](O)Cc2ccc(OCc3ccccc3)c(OCC(=O)OC(C)(C)C)c2)NC(=O)[C@@H]2C[C@@H](O)CN2C(=O)[C@H]([C@@H](C)O)NC(=O)C(NC(=O)OC(C)(C)C)C[C@@H](O)CNC(=O)[C@@H]2[C@@H](O)[C@@H](C)CN2C1=O. The van der Waals surface area contributed by atoms with Crippen molar-refractivity contribution in [3.8, 4) is 11.5 Å². The molecular formula is C53H74N8O18. The first kappa shape index (κ1) is 62.7. The van der Waals surface area contributed by atoms with E-state index in [1.807, 2.05) is 18.2 Å². The Morgan fingerprint density at radius 2 is 1.37 bits per heavy atom. The predicted octanol–water partition coefficient (Wildman–Crippen LogP) is -2.05. The van der Waals surface area contributed by atoms with Crippen LogP contribution in [0.4, 0.5) is 4.79 Å². The number of ether oxygens (including phenoxy) is 4. The zero-order chi connectivity index (χ0) is 58.7. The monoisotopic (exact) mass is 1110 g/mol. The summed E-state index contributed by atoms with van der Waals surface area (Å²) in [4.78, 5) is 117. The minimum absolute atomic E-state index is 0.00394. The largest absolute Gasteiger partial charge is 0.485 e. The number of rotatable bonds is 13. The number of fused-ring (bicyclic) bond motifs is 2. The maximum atomic E-state index is 14.8. The Balaban J connectivity index is 1.59. The molecule has 26 nitrogen and oxygen atoms in total. The zero-order valence-corrected chi connectivity index (χ0v) is 45.4. The topological polar surface area (TPSA) is 366 Å². The normalized spacial score (nSPS) is 27.0. The van der Waals surface area contributed by atoms with Gasteiger partial charge in [-0.05, 0) is 71.7 Å². The maximum absolute atomic E-state index is 14.8. The summed E-state index contributed by atoms with van der Waals surface area (Å²) in [7, 11) is 0. The number of benzene rings is 2. The first-order chi connectivity index (χ1) is 37.0. The zero-order valence-electron chi connectivity index (χ0n) is 45.4. The van der Waals surface area contributed by atoms with Crippen LogP contribution < -0.4 is 36.1 Å². The lowest BCUT2D eigenvalue weighted by atomic mass is 9.99. The summed E-state index contributed by atoms with van der Waals surface area (Å²) in [5.74, 6) is -8.44. The molecule has 0 aromatic heterocycles. The second-order valence-corrected chi connectivity index (χ2v) is 21.9. The van der Waals surface area contributed by atoms with Gasteiger partial charge in [0.2, 0.25) is 42.0 Å². The summed E-state index contributed by atoms with van der Waals surface area (Å²) in [5.41, 5.74) is -0.952. The summed E-state index contributed by atoms with van der Waals surface area (Å²) in [5, 5.41) is 79.7. The Morgan fingerprint density at radius 1 is 0.734 bits per heavy atom. The van der Waals surface area contributed by atoms with Gasteiger partial charge in [0.25, 0.3) is 0 Å².